The number of aromatic nitrogens is 8. The Balaban J connectivity index is 0.000000110. The van der Waals surface area contributed by atoms with Crippen molar-refractivity contribution in [3.63, 3.8) is 0 Å². The highest BCUT2D eigenvalue weighted by atomic mass is 16.2. The van der Waals surface area contributed by atoms with Gasteiger partial charge >= 0.3 is 0 Å². The summed E-state index contributed by atoms with van der Waals surface area (Å²) in [5, 5.41) is 25.8. The molecule has 0 aliphatic heterocycles. The Kier molecular flexibility index (Phi) is 27.6. The standard InChI is InChI=1S/3C29H34N4O2.C28H32N4O2/c1-17-2-11-23(12-3-17)30-28(34)20-8-6-19(7-9-20)27-31-24-13-10-22(16-26(24)32-27)29(35)33-25-15-18-4-5-21(25)14-18;1-17-4-2-3-5-23(17)32-28(34)20-10-8-19(9-11-20)27-30-24-13-12-22(16-26(24)31-27)29(35)33-25-15-18-6-7-21(25)14-18;34-28(30-23-5-3-1-2-4-6-23)20-11-9-19(10-12-20)27-31-24-14-13-22(17-26(24)32-27)29(35)33-25-16-18-7-8-21(25)15-18;33-27(29-22-4-2-1-3-5-22)19-10-8-18(9-11-19)26-30-23-13-12-21(16-25(23)31-26)28(34)32-24-15-17-6-7-20(24)14-17/h6-10,13,16-18,21,23,25H,2-5,11-12,14-15H2,1H3,(H,30,34)(H,31,32)(H,33,35);8-13,16-18,21,23,25H,2-7,14-15H2,1H3,(H,30,31)(H,32,34)(H,33,35);9-14,17-18,21,23,25H,1-8,15-16H2,(H,30,34)(H,31,32)(H,33,35);8-13,16-17,20,22,24H,1-7,14-15H2,(H,29,33)(H,30,31)(H,32,34). The molecule has 12 aliphatic carbocycles. The van der Waals surface area contributed by atoms with E-state index in [0.717, 1.165) is 190 Å². The zero-order chi connectivity index (χ0) is 94.7. The van der Waals surface area contributed by atoms with Gasteiger partial charge in [0.25, 0.3) is 47.3 Å². The molecule has 24 heteroatoms. The van der Waals surface area contributed by atoms with Gasteiger partial charge in [-0.25, -0.2) is 19.9 Å². The van der Waals surface area contributed by atoms with E-state index in [9.17, 15) is 38.4 Å². The van der Waals surface area contributed by atoms with Crippen LogP contribution < -0.4 is 42.5 Å². The molecule has 14 atom stereocenters. The number of carbonyl (C=O) groups excluding carboxylic acids is 8. The van der Waals surface area contributed by atoms with E-state index in [1.54, 1.807) is 0 Å². The largest absolute Gasteiger partial charge is 0.349 e. The highest BCUT2D eigenvalue weighted by Gasteiger charge is 2.44. The first-order chi connectivity index (χ1) is 67.8. The predicted molar refractivity (Wildman–Crippen MR) is 544 cm³/mol. The normalized spacial score (nSPS) is 26.1. The van der Waals surface area contributed by atoms with Crippen LogP contribution in [0.3, 0.4) is 0 Å². The number of fused-ring (bicyclic) bond motifs is 12. The molecular weight excluding hydrogens is 1730 g/mol. The van der Waals surface area contributed by atoms with Crippen LogP contribution >= 0.6 is 0 Å². The number of H-pyrrole nitrogens is 4. The molecule has 4 aromatic heterocycles. The number of imidazole rings is 4. The number of hydrogen-bond acceptors (Lipinski definition) is 12. The van der Waals surface area contributed by atoms with Gasteiger partial charge in [0.15, 0.2) is 0 Å². The zero-order valence-corrected chi connectivity index (χ0v) is 80.4. The Morgan fingerprint density at radius 3 is 0.734 bits per heavy atom. The molecule has 12 aliphatic rings. The smallest absolute Gasteiger partial charge is 0.251 e. The highest BCUT2D eigenvalue weighted by Crippen LogP contribution is 2.48. The lowest BCUT2D eigenvalue weighted by atomic mass is 9.86. The van der Waals surface area contributed by atoms with E-state index in [2.05, 4.69) is 76.3 Å². The second-order valence-corrected chi connectivity index (χ2v) is 43.3. The Morgan fingerprint density at radius 2 is 0.468 bits per heavy atom. The van der Waals surface area contributed by atoms with Gasteiger partial charge in [-0.15, -0.1) is 0 Å². The van der Waals surface area contributed by atoms with E-state index in [0.29, 0.717) is 104 Å². The molecule has 24 nitrogen and oxygen atoms in total. The molecule has 12 saturated carbocycles. The molecule has 8 aromatic carbocycles. The Hall–Kier alpha value is -12.6. The van der Waals surface area contributed by atoms with Crippen molar-refractivity contribution in [1.82, 2.24) is 82.4 Å². The van der Waals surface area contributed by atoms with Crippen molar-refractivity contribution in [2.45, 2.75) is 287 Å². The summed E-state index contributed by atoms with van der Waals surface area (Å²) in [4.78, 5) is 134. The number of nitrogens with one attached hydrogen (secondary N) is 12. The zero-order valence-electron chi connectivity index (χ0n) is 80.4. The summed E-state index contributed by atoms with van der Waals surface area (Å²) in [6, 6.07) is 55.3. The lowest BCUT2D eigenvalue weighted by Gasteiger charge is -2.29. The fourth-order valence-corrected chi connectivity index (χ4v) is 25.6. The van der Waals surface area contributed by atoms with Crippen LogP contribution in [-0.4, -0.2) is 135 Å². The lowest BCUT2D eigenvalue weighted by Crippen LogP contribution is -2.41. The molecule has 0 radical (unpaired) electrons. The first kappa shape index (κ1) is 92.7. The van der Waals surface area contributed by atoms with Gasteiger partial charge in [-0.1, -0.05) is 146 Å². The van der Waals surface area contributed by atoms with Gasteiger partial charge in [0.2, 0.25) is 0 Å². The van der Waals surface area contributed by atoms with Gasteiger partial charge in [-0.05, 0) is 322 Å². The van der Waals surface area contributed by atoms with Crippen LogP contribution in [0.15, 0.2) is 170 Å². The van der Waals surface area contributed by atoms with E-state index in [-0.39, 0.29) is 65.4 Å². The second-order valence-electron chi connectivity index (χ2n) is 43.3. The molecule has 722 valence electrons. The quantitative estimate of drug-likeness (QED) is 0.0317. The summed E-state index contributed by atoms with van der Waals surface area (Å²) in [5.74, 6) is 10.1. The van der Waals surface area contributed by atoms with Crippen LogP contribution in [0.1, 0.15) is 321 Å². The number of hydrogen-bond donors (Lipinski definition) is 12. The van der Waals surface area contributed by atoms with Gasteiger partial charge in [-0.2, -0.15) is 0 Å². The van der Waals surface area contributed by atoms with Crippen LogP contribution in [0.25, 0.3) is 89.7 Å². The van der Waals surface area contributed by atoms with E-state index >= 15 is 0 Å². The topological polar surface area (TPSA) is 348 Å². The van der Waals surface area contributed by atoms with E-state index in [4.69, 9.17) is 19.9 Å². The van der Waals surface area contributed by atoms with Gasteiger partial charge in [0, 0.05) is 115 Å². The molecule has 12 fully saturated rings. The minimum Gasteiger partial charge on any atom is -0.349 e. The fourth-order valence-electron chi connectivity index (χ4n) is 25.6. The molecule has 4 heterocycles. The van der Waals surface area contributed by atoms with E-state index < -0.39 is 0 Å². The van der Waals surface area contributed by atoms with Crippen LogP contribution in [0.2, 0.25) is 0 Å². The number of carbonyl (C=O) groups is 8. The third-order valence-electron chi connectivity index (χ3n) is 33.8. The molecule has 0 saturated heterocycles. The fraction of sp³-hybridized carbons (Fsp3) is 0.478. The predicted octanol–water partition coefficient (Wildman–Crippen LogP) is 21.7. The highest BCUT2D eigenvalue weighted by molar-refractivity contribution is 6.02. The molecule has 8 bridgehead atoms. The maximum Gasteiger partial charge on any atom is 0.251 e. The summed E-state index contributed by atoms with van der Waals surface area (Å²) in [5.41, 5.74) is 15.7. The van der Waals surface area contributed by atoms with E-state index in [1.165, 1.54) is 154 Å². The van der Waals surface area contributed by atoms with Crippen molar-refractivity contribution >= 4 is 91.4 Å². The van der Waals surface area contributed by atoms with Crippen molar-refractivity contribution in [3.05, 3.63) is 214 Å². The Bertz CT molecular complexity index is 6470. The lowest BCUT2D eigenvalue weighted by molar-refractivity contribution is 0.0903. The maximum absolute atomic E-state index is 12.9. The van der Waals surface area contributed by atoms with Crippen molar-refractivity contribution in [3.8, 4) is 45.6 Å². The molecular formula is C115H134N16O8. The Morgan fingerprint density at radius 1 is 0.230 bits per heavy atom. The summed E-state index contributed by atoms with van der Waals surface area (Å²) in [7, 11) is 0. The summed E-state index contributed by atoms with van der Waals surface area (Å²) < 4.78 is 0. The van der Waals surface area contributed by atoms with Gasteiger partial charge in [0.1, 0.15) is 23.3 Å². The molecule has 14 unspecified atom stereocenters. The van der Waals surface area contributed by atoms with Gasteiger partial charge < -0.3 is 62.5 Å². The maximum atomic E-state index is 12.9. The van der Waals surface area contributed by atoms with Crippen molar-refractivity contribution in [2.24, 2.45) is 59.2 Å². The molecule has 8 amide bonds. The second kappa shape index (κ2) is 41.4. The molecule has 0 spiro atoms. The van der Waals surface area contributed by atoms with Gasteiger partial charge in [-0.3, -0.25) is 38.4 Å². The number of rotatable bonds is 20. The van der Waals surface area contributed by atoms with E-state index in [1.807, 2.05) is 170 Å². The Labute approximate surface area is 813 Å². The average Bonchev–Trinajstić information content (AvgIpc) is 1.66. The third kappa shape index (κ3) is 21.6. The van der Waals surface area contributed by atoms with Crippen molar-refractivity contribution in [1.29, 1.82) is 0 Å². The minimum absolute atomic E-state index is 0.000746. The summed E-state index contributed by atoms with van der Waals surface area (Å²) >= 11 is 0. The van der Waals surface area contributed by atoms with Crippen LogP contribution in [0.5, 0.6) is 0 Å². The van der Waals surface area contributed by atoms with Crippen LogP contribution in [0.4, 0.5) is 0 Å². The van der Waals surface area contributed by atoms with Gasteiger partial charge in [0.05, 0.1) is 44.1 Å². The SMILES string of the molecule is CC1CCC(NC(=O)c2ccc(-c3nc4ccc(C(=O)NC5CC6CCC5C6)cc4[nH]3)cc2)CC1.CC1CCCCC1NC(=O)c1ccc(-c2nc3ccc(C(=O)NC4CC5CCC4C5)cc3[nH]2)cc1.O=C(NC1CCCCC1)c1ccc(-c2nc3ccc(C(=O)NC4CC5CCC4C5)cc3[nH]2)cc1.O=C(NC1CCCCCC1)c1ccc(-c2nc3ccc(C(=O)NC4CC5CCC4C5)cc3[nH]2)cc1. The third-order valence-corrected chi connectivity index (χ3v) is 33.8. The number of nitrogens with zero attached hydrogens (tertiary/aromatic N) is 4. The average molecular weight is 1870 g/mol. The molecule has 12 N–H and O–H groups in total. The number of amides is 8. The van der Waals surface area contributed by atoms with Crippen molar-refractivity contribution < 1.29 is 38.4 Å². The van der Waals surface area contributed by atoms with Crippen LogP contribution in [0, 0.1) is 59.2 Å². The number of aromatic amines is 4. The first-order valence-electron chi connectivity index (χ1n) is 52.7. The molecule has 24 rings (SSSR count). The minimum atomic E-state index is -0.00829. The summed E-state index contributed by atoms with van der Waals surface area (Å²) in [6.45, 7) is 4.51. The van der Waals surface area contributed by atoms with Crippen molar-refractivity contribution in [2.75, 3.05) is 0 Å². The summed E-state index contributed by atoms with van der Waals surface area (Å²) in [6.07, 6.45) is 41.9. The number of benzene rings is 8. The monoisotopic (exact) mass is 1870 g/mol. The molecule has 139 heavy (non-hydrogen) atoms. The first-order valence-corrected chi connectivity index (χ1v) is 52.7. The molecule has 12 aromatic rings. The van der Waals surface area contributed by atoms with Crippen LogP contribution in [-0.2, 0) is 0 Å².